The molecule has 0 aliphatic heterocycles. The average Bonchev–Trinajstić information content (AvgIpc) is 2.76. The van der Waals surface area contributed by atoms with Gasteiger partial charge in [-0.3, -0.25) is 0 Å². The lowest BCUT2D eigenvalue weighted by molar-refractivity contribution is 0.0685. The van der Waals surface area contributed by atoms with Gasteiger partial charge in [0.15, 0.2) is 0 Å². The number of aromatic carboxylic acids is 1. The van der Waals surface area contributed by atoms with E-state index in [0.717, 1.165) is 0 Å². The molecule has 0 fully saturated rings. The summed E-state index contributed by atoms with van der Waals surface area (Å²) in [5.41, 5.74) is 1.51. The van der Waals surface area contributed by atoms with E-state index >= 15 is 0 Å². The van der Waals surface area contributed by atoms with Gasteiger partial charge in [0.1, 0.15) is 17.3 Å². The third kappa shape index (κ3) is 2.24. The maximum Gasteiger partial charge on any atom is 0.352 e. The largest absolute Gasteiger partial charge is 0.477 e. The average molecular weight is 301 g/mol. The smallest absolute Gasteiger partial charge is 0.352 e. The number of halogens is 2. The van der Waals surface area contributed by atoms with Crippen molar-refractivity contribution in [3.05, 3.63) is 70.9 Å². The van der Waals surface area contributed by atoms with Crippen LogP contribution in [0.3, 0.4) is 0 Å². The molecule has 112 valence electrons. The Bertz CT molecular complexity index is 866. The summed E-state index contributed by atoms with van der Waals surface area (Å²) < 4.78 is 28.6. The second-order valence-corrected chi connectivity index (χ2v) is 5.13. The Hall–Kier alpha value is -2.69. The van der Waals surface area contributed by atoms with Gasteiger partial charge in [0.2, 0.25) is 0 Å². The van der Waals surface area contributed by atoms with Crippen molar-refractivity contribution in [3.8, 4) is 0 Å². The van der Waals surface area contributed by atoms with Gasteiger partial charge in [0, 0.05) is 11.9 Å². The third-order valence-corrected chi connectivity index (χ3v) is 3.74. The standard InChI is InChI=1S/C17H13F2NO2/c1-10-13-3-2-4-14(19)16(13)20(15(10)17(21)22)9-11-5-7-12(18)8-6-11/h2-8H,9H2,1H3,(H,21,22). The molecule has 0 spiro atoms. The van der Waals surface area contributed by atoms with Gasteiger partial charge in [0.05, 0.1) is 5.52 Å². The fraction of sp³-hybridized carbons (Fsp3) is 0.118. The van der Waals surface area contributed by atoms with Crippen LogP contribution in [0, 0.1) is 18.6 Å². The SMILES string of the molecule is Cc1c(C(=O)O)n(Cc2ccc(F)cc2)c2c(F)cccc12. The second-order valence-electron chi connectivity index (χ2n) is 5.13. The van der Waals surface area contributed by atoms with Crippen molar-refractivity contribution in [2.24, 2.45) is 0 Å². The molecule has 0 aliphatic rings. The highest BCUT2D eigenvalue weighted by molar-refractivity contribution is 5.98. The summed E-state index contributed by atoms with van der Waals surface area (Å²) >= 11 is 0. The maximum absolute atomic E-state index is 14.2. The number of para-hydroxylation sites is 1. The lowest BCUT2D eigenvalue weighted by atomic mass is 10.1. The Morgan fingerprint density at radius 2 is 1.82 bits per heavy atom. The van der Waals surface area contributed by atoms with Gasteiger partial charge < -0.3 is 9.67 Å². The number of rotatable bonds is 3. The summed E-state index contributed by atoms with van der Waals surface area (Å²) in [5.74, 6) is -1.97. The number of hydrogen-bond donors (Lipinski definition) is 1. The molecule has 0 unspecified atom stereocenters. The molecule has 0 radical (unpaired) electrons. The van der Waals surface area contributed by atoms with Gasteiger partial charge in [0.25, 0.3) is 0 Å². The van der Waals surface area contributed by atoms with Crippen molar-refractivity contribution in [1.82, 2.24) is 4.57 Å². The van der Waals surface area contributed by atoms with Crippen LogP contribution in [0.15, 0.2) is 42.5 Å². The Balaban J connectivity index is 2.24. The fourth-order valence-electron chi connectivity index (χ4n) is 2.74. The van der Waals surface area contributed by atoms with E-state index < -0.39 is 11.8 Å². The molecule has 0 saturated heterocycles. The molecule has 1 N–H and O–H groups in total. The van der Waals surface area contributed by atoms with Gasteiger partial charge in [-0.15, -0.1) is 0 Å². The van der Waals surface area contributed by atoms with E-state index in [4.69, 9.17) is 0 Å². The van der Waals surface area contributed by atoms with E-state index in [-0.39, 0.29) is 23.6 Å². The molecule has 1 aromatic heterocycles. The van der Waals surface area contributed by atoms with Gasteiger partial charge >= 0.3 is 5.97 Å². The first-order chi connectivity index (χ1) is 10.5. The molecular formula is C17H13F2NO2. The second kappa shape index (κ2) is 5.26. The number of fused-ring (bicyclic) bond motifs is 1. The lowest BCUT2D eigenvalue weighted by Crippen LogP contribution is -2.11. The molecule has 3 aromatic rings. The minimum atomic E-state index is -1.12. The zero-order valence-electron chi connectivity index (χ0n) is 11.8. The molecule has 0 amide bonds. The van der Waals surface area contributed by atoms with Gasteiger partial charge in [-0.1, -0.05) is 24.3 Å². The number of carbonyl (C=O) groups is 1. The van der Waals surface area contributed by atoms with E-state index in [2.05, 4.69) is 0 Å². The van der Waals surface area contributed by atoms with Crippen LogP contribution in [0.1, 0.15) is 21.6 Å². The highest BCUT2D eigenvalue weighted by Crippen LogP contribution is 2.28. The molecule has 2 aromatic carbocycles. The van der Waals surface area contributed by atoms with Crippen LogP contribution in [0.4, 0.5) is 8.78 Å². The predicted octanol–water partition coefficient (Wildman–Crippen LogP) is 3.97. The normalized spacial score (nSPS) is 11.0. The Morgan fingerprint density at radius 1 is 1.14 bits per heavy atom. The molecule has 5 heteroatoms. The molecule has 3 nitrogen and oxygen atoms in total. The van der Waals surface area contributed by atoms with E-state index in [9.17, 15) is 18.7 Å². The maximum atomic E-state index is 14.2. The molecule has 3 rings (SSSR count). The number of carboxylic acid groups (broad SMARTS) is 1. The van der Waals surface area contributed by atoms with Crippen molar-refractivity contribution in [2.75, 3.05) is 0 Å². The Labute approximate surface area is 125 Å². The number of carboxylic acids is 1. The highest BCUT2D eigenvalue weighted by Gasteiger charge is 2.21. The minimum absolute atomic E-state index is 0.0458. The fourth-order valence-corrected chi connectivity index (χ4v) is 2.74. The summed E-state index contributed by atoms with van der Waals surface area (Å²) in [6.45, 7) is 1.82. The highest BCUT2D eigenvalue weighted by atomic mass is 19.1. The van der Waals surface area contributed by atoms with Crippen LogP contribution in [0.2, 0.25) is 0 Å². The molecule has 0 aliphatic carbocycles. The van der Waals surface area contributed by atoms with E-state index in [1.165, 1.54) is 22.8 Å². The molecule has 0 bridgehead atoms. The molecule has 22 heavy (non-hydrogen) atoms. The van der Waals surface area contributed by atoms with Crippen LogP contribution in [-0.4, -0.2) is 15.6 Å². The number of benzene rings is 2. The van der Waals surface area contributed by atoms with Crippen molar-refractivity contribution < 1.29 is 18.7 Å². The van der Waals surface area contributed by atoms with Crippen LogP contribution in [0.5, 0.6) is 0 Å². The van der Waals surface area contributed by atoms with E-state index in [0.29, 0.717) is 16.5 Å². The third-order valence-electron chi connectivity index (χ3n) is 3.74. The summed E-state index contributed by atoms with van der Waals surface area (Å²) in [6.07, 6.45) is 0. The topological polar surface area (TPSA) is 42.2 Å². The van der Waals surface area contributed by atoms with Crippen molar-refractivity contribution in [1.29, 1.82) is 0 Å². The zero-order chi connectivity index (χ0) is 15.9. The predicted molar refractivity (Wildman–Crippen MR) is 79.1 cm³/mol. The van der Waals surface area contributed by atoms with Gasteiger partial charge in [-0.05, 0) is 36.2 Å². The van der Waals surface area contributed by atoms with Crippen LogP contribution < -0.4 is 0 Å². The summed E-state index contributed by atoms with van der Waals surface area (Å²) in [7, 11) is 0. The first-order valence-corrected chi connectivity index (χ1v) is 6.74. The number of hydrogen-bond acceptors (Lipinski definition) is 1. The monoisotopic (exact) mass is 301 g/mol. The lowest BCUT2D eigenvalue weighted by Gasteiger charge is -2.09. The summed E-state index contributed by atoms with van der Waals surface area (Å²) in [5, 5.41) is 10.0. The minimum Gasteiger partial charge on any atom is -0.477 e. The van der Waals surface area contributed by atoms with Crippen molar-refractivity contribution in [3.63, 3.8) is 0 Å². The van der Waals surface area contributed by atoms with E-state index in [1.54, 1.807) is 31.2 Å². The molecular weight excluding hydrogens is 288 g/mol. The molecule has 1 heterocycles. The first kappa shape index (κ1) is 14.3. The van der Waals surface area contributed by atoms with Crippen LogP contribution in [-0.2, 0) is 6.54 Å². The van der Waals surface area contributed by atoms with Gasteiger partial charge in [-0.25, -0.2) is 13.6 Å². The van der Waals surface area contributed by atoms with Crippen LogP contribution >= 0.6 is 0 Å². The van der Waals surface area contributed by atoms with Crippen LogP contribution in [0.25, 0.3) is 10.9 Å². The van der Waals surface area contributed by atoms with E-state index in [1.807, 2.05) is 0 Å². The van der Waals surface area contributed by atoms with Crippen molar-refractivity contribution in [2.45, 2.75) is 13.5 Å². The Kier molecular flexibility index (Phi) is 3.41. The summed E-state index contributed by atoms with van der Waals surface area (Å²) in [6, 6.07) is 10.3. The Morgan fingerprint density at radius 3 is 2.45 bits per heavy atom. The molecule has 0 atom stereocenters. The number of nitrogens with zero attached hydrogens (tertiary/aromatic N) is 1. The quantitative estimate of drug-likeness (QED) is 0.795. The van der Waals surface area contributed by atoms with Gasteiger partial charge in [-0.2, -0.15) is 0 Å². The number of aromatic nitrogens is 1. The first-order valence-electron chi connectivity index (χ1n) is 6.74. The molecule has 0 saturated carbocycles. The van der Waals surface area contributed by atoms with Crippen molar-refractivity contribution >= 4 is 16.9 Å². The zero-order valence-corrected chi connectivity index (χ0v) is 11.8. The summed E-state index contributed by atoms with van der Waals surface area (Å²) in [4.78, 5) is 11.6. The number of aryl methyl sites for hydroxylation is 1.